The average molecular weight is 302 g/mol. The number of benzene rings is 1. The number of nitrogens with one attached hydrogen (secondary N) is 3. The van der Waals surface area contributed by atoms with Gasteiger partial charge in [-0.2, -0.15) is 0 Å². The molecule has 2 rings (SSSR count). The van der Waals surface area contributed by atoms with E-state index in [1.165, 1.54) is 12.8 Å². The summed E-state index contributed by atoms with van der Waals surface area (Å²) in [5, 5.41) is 10.4. The maximum atomic E-state index is 4.76. The number of hydrogen-bond acceptors (Lipinski definition) is 2. The summed E-state index contributed by atoms with van der Waals surface area (Å²) >= 11 is 0. The van der Waals surface area contributed by atoms with Gasteiger partial charge in [-0.3, -0.25) is 4.99 Å². The van der Waals surface area contributed by atoms with Crippen LogP contribution in [0.5, 0.6) is 0 Å². The molecule has 1 aromatic carbocycles. The molecule has 0 aliphatic heterocycles. The standard InChI is InChI=1S/C18H30N4/c1-4-19-18(20-12-15-10-11-15)21-13-17(14(2)3)22-16-8-6-5-7-9-16/h5-9,14-15,17,22H,4,10-13H2,1-3H3,(H2,19,20,21). The van der Waals surface area contributed by atoms with Crippen LogP contribution < -0.4 is 16.0 Å². The highest BCUT2D eigenvalue weighted by Gasteiger charge is 2.21. The Kier molecular flexibility index (Phi) is 6.56. The molecular weight excluding hydrogens is 272 g/mol. The molecule has 0 saturated heterocycles. The highest BCUT2D eigenvalue weighted by atomic mass is 15.2. The molecule has 1 aliphatic carbocycles. The second kappa shape index (κ2) is 8.66. The molecule has 0 radical (unpaired) electrons. The van der Waals surface area contributed by atoms with Gasteiger partial charge in [0, 0.05) is 24.8 Å². The lowest BCUT2D eigenvalue weighted by Gasteiger charge is -2.22. The van der Waals surface area contributed by atoms with Gasteiger partial charge in [0.1, 0.15) is 0 Å². The highest BCUT2D eigenvalue weighted by molar-refractivity contribution is 5.79. The Hall–Kier alpha value is -1.71. The van der Waals surface area contributed by atoms with Crippen LogP contribution in [-0.2, 0) is 0 Å². The fraction of sp³-hybridized carbons (Fsp3) is 0.611. The first-order valence-electron chi connectivity index (χ1n) is 8.52. The number of anilines is 1. The smallest absolute Gasteiger partial charge is 0.191 e. The quantitative estimate of drug-likeness (QED) is 0.511. The molecular formula is C18H30N4. The van der Waals surface area contributed by atoms with Crippen LogP contribution in [0.4, 0.5) is 5.69 Å². The second-order valence-electron chi connectivity index (χ2n) is 6.40. The van der Waals surface area contributed by atoms with Crippen molar-refractivity contribution < 1.29 is 0 Å². The van der Waals surface area contributed by atoms with E-state index in [9.17, 15) is 0 Å². The van der Waals surface area contributed by atoms with Gasteiger partial charge in [0.25, 0.3) is 0 Å². The topological polar surface area (TPSA) is 48.5 Å². The largest absolute Gasteiger partial charge is 0.380 e. The van der Waals surface area contributed by atoms with Gasteiger partial charge in [0.2, 0.25) is 0 Å². The van der Waals surface area contributed by atoms with E-state index in [4.69, 9.17) is 4.99 Å². The first-order chi connectivity index (χ1) is 10.7. The fourth-order valence-corrected chi connectivity index (χ4v) is 2.27. The molecule has 1 saturated carbocycles. The lowest BCUT2D eigenvalue weighted by molar-refractivity contribution is 0.530. The van der Waals surface area contributed by atoms with Gasteiger partial charge in [-0.1, -0.05) is 32.0 Å². The maximum Gasteiger partial charge on any atom is 0.191 e. The summed E-state index contributed by atoms with van der Waals surface area (Å²) in [5.41, 5.74) is 1.16. The molecule has 122 valence electrons. The van der Waals surface area contributed by atoms with Gasteiger partial charge < -0.3 is 16.0 Å². The zero-order valence-corrected chi connectivity index (χ0v) is 14.1. The lowest BCUT2D eigenvalue weighted by Crippen LogP contribution is -2.40. The Labute approximate surface area is 134 Å². The third-order valence-corrected chi connectivity index (χ3v) is 3.98. The van der Waals surface area contributed by atoms with Gasteiger partial charge in [0.15, 0.2) is 5.96 Å². The number of guanidine groups is 1. The first kappa shape index (κ1) is 16.7. The molecule has 1 unspecified atom stereocenters. The zero-order chi connectivity index (χ0) is 15.8. The van der Waals surface area contributed by atoms with Crippen LogP contribution in [0, 0.1) is 11.8 Å². The molecule has 1 atom stereocenters. The first-order valence-corrected chi connectivity index (χ1v) is 8.52. The molecule has 1 fully saturated rings. The number of hydrogen-bond donors (Lipinski definition) is 3. The predicted octanol–water partition coefficient (Wildman–Crippen LogP) is 3.09. The molecule has 22 heavy (non-hydrogen) atoms. The van der Waals surface area contributed by atoms with E-state index < -0.39 is 0 Å². The van der Waals surface area contributed by atoms with Crippen LogP contribution in [0.25, 0.3) is 0 Å². The Morgan fingerprint density at radius 1 is 1.18 bits per heavy atom. The van der Waals surface area contributed by atoms with Crippen LogP contribution in [0.2, 0.25) is 0 Å². The van der Waals surface area contributed by atoms with Crippen molar-refractivity contribution >= 4 is 11.6 Å². The van der Waals surface area contributed by atoms with E-state index in [0.717, 1.165) is 37.2 Å². The molecule has 0 bridgehead atoms. The minimum absolute atomic E-state index is 0.332. The van der Waals surface area contributed by atoms with E-state index in [0.29, 0.717) is 12.0 Å². The molecule has 0 heterocycles. The number of para-hydroxylation sites is 1. The SMILES string of the molecule is CCNC(=NCC(Nc1ccccc1)C(C)C)NCC1CC1. The highest BCUT2D eigenvalue weighted by Crippen LogP contribution is 2.27. The van der Waals surface area contributed by atoms with Crippen molar-refractivity contribution in [3.63, 3.8) is 0 Å². The van der Waals surface area contributed by atoms with Crippen LogP contribution in [0.15, 0.2) is 35.3 Å². The summed E-state index contributed by atoms with van der Waals surface area (Å²) in [6.07, 6.45) is 2.72. The summed E-state index contributed by atoms with van der Waals surface area (Å²) in [4.78, 5) is 4.76. The predicted molar refractivity (Wildman–Crippen MR) is 95.4 cm³/mol. The van der Waals surface area contributed by atoms with Crippen molar-refractivity contribution in [3.05, 3.63) is 30.3 Å². The van der Waals surface area contributed by atoms with Gasteiger partial charge in [-0.25, -0.2) is 0 Å². The molecule has 0 amide bonds. The van der Waals surface area contributed by atoms with Crippen molar-refractivity contribution in [3.8, 4) is 0 Å². The summed E-state index contributed by atoms with van der Waals surface area (Å²) in [6.45, 7) is 9.30. The molecule has 1 aromatic rings. The van der Waals surface area contributed by atoms with E-state index >= 15 is 0 Å². The summed E-state index contributed by atoms with van der Waals surface area (Å²) in [5.74, 6) is 2.32. The van der Waals surface area contributed by atoms with Crippen LogP contribution in [0.3, 0.4) is 0 Å². The molecule has 3 N–H and O–H groups in total. The Balaban J connectivity index is 1.90. The Morgan fingerprint density at radius 2 is 1.91 bits per heavy atom. The number of rotatable bonds is 8. The molecule has 4 nitrogen and oxygen atoms in total. The molecule has 4 heteroatoms. The van der Waals surface area contributed by atoms with Crippen molar-refractivity contribution in [1.29, 1.82) is 0 Å². The molecule has 1 aliphatic rings. The third-order valence-electron chi connectivity index (χ3n) is 3.98. The summed E-state index contributed by atoms with van der Waals surface area (Å²) in [6, 6.07) is 10.7. The van der Waals surface area contributed by atoms with Crippen LogP contribution in [0.1, 0.15) is 33.6 Å². The van der Waals surface area contributed by atoms with E-state index in [-0.39, 0.29) is 0 Å². The minimum atomic E-state index is 0.332. The summed E-state index contributed by atoms with van der Waals surface area (Å²) < 4.78 is 0. The van der Waals surface area contributed by atoms with Crippen LogP contribution in [-0.4, -0.2) is 31.6 Å². The number of nitrogens with zero attached hydrogens (tertiary/aromatic N) is 1. The zero-order valence-electron chi connectivity index (χ0n) is 14.1. The van der Waals surface area contributed by atoms with Crippen LogP contribution >= 0.6 is 0 Å². The number of aliphatic imine (C=N–C) groups is 1. The Bertz CT molecular complexity index is 451. The van der Waals surface area contributed by atoms with Crippen molar-refractivity contribution in [2.75, 3.05) is 25.0 Å². The maximum absolute atomic E-state index is 4.76. The monoisotopic (exact) mass is 302 g/mol. The van der Waals surface area contributed by atoms with Crippen molar-refractivity contribution in [1.82, 2.24) is 10.6 Å². The van der Waals surface area contributed by atoms with E-state index in [1.54, 1.807) is 0 Å². The molecule has 0 aromatic heterocycles. The minimum Gasteiger partial charge on any atom is -0.380 e. The fourth-order valence-electron chi connectivity index (χ4n) is 2.27. The summed E-state index contributed by atoms with van der Waals surface area (Å²) in [7, 11) is 0. The average Bonchev–Trinajstić information content (AvgIpc) is 3.33. The lowest BCUT2D eigenvalue weighted by atomic mass is 10.0. The van der Waals surface area contributed by atoms with Gasteiger partial charge >= 0.3 is 0 Å². The van der Waals surface area contributed by atoms with Crippen molar-refractivity contribution in [2.24, 2.45) is 16.8 Å². The Morgan fingerprint density at radius 3 is 2.50 bits per heavy atom. The van der Waals surface area contributed by atoms with Gasteiger partial charge in [-0.05, 0) is 43.7 Å². The normalized spacial score (nSPS) is 16.5. The van der Waals surface area contributed by atoms with E-state index in [2.05, 4.69) is 61.0 Å². The van der Waals surface area contributed by atoms with Gasteiger partial charge in [-0.15, -0.1) is 0 Å². The molecule has 0 spiro atoms. The second-order valence-corrected chi connectivity index (χ2v) is 6.40. The van der Waals surface area contributed by atoms with Crippen molar-refractivity contribution in [2.45, 2.75) is 39.7 Å². The van der Waals surface area contributed by atoms with Gasteiger partial charge in [0.05, 0.1) is 6.54 Å². The third kappa shape index (κ3) is 5.96. The van der Waals surface area contributed by atoms with E-state index in [1.807, 2.05) is 6.07 Å².